The second-order valence-electron chi connectivity index (χ2n) is 9.70. The number of ether oxygens (including phenoxy) is 1. The van der Waals surface area contributed by atoms with Gasteiger partial charge in [-0.15, -0.1) is 0 Å². The molecule has 3 aromatic heterocycles. The third-order valence-electron chi connectivity index (χ3n) is 6.83. The predicted molar refractivity (Wildman–Crippen MR) is 153 cm³/mol. The van der Waals surface area contributed by atoms with Crippen molar-refractivity contribution in [3.8, 4) is 22.9 Å². The number of hydrogen-bond donors (Lipinski definition) is 0. The summed E-state index contributed by atoms with van der Waals surface area (Å²) in [7, 11) is 4.12. The van der Waals surface area contributed by atoms with Crippen LogP contribution in [-0.2, 0) is 0 Å². The first-order chi connectivity index (χ1) is 18.9. The molecule has 0 spiro atoms. The molecule has 0 radical (unpaired) electrons. The van der Waals surface area contributed by atoms with E-state index in [1.807, 2.05) is 13.0 Å². The molecule has 0 saturated carbocycles. The van der Waals surface area contributed by atoms with Crippen LogP contribution in [0.25, 0.3) is 33.1 Å². The van der Waals surface area contributed by atoms with Crippen LogP contribution in [0.4, 0.5) is 4.39 Å². The van der Waals surface area contributed by atoms with Gasteiger partial charge in [-0.1, -0.05) is 11.6 Å². The lowest BCUT2D eigenvalue weighted by Gasteiger charge is -2.33. The molecule has 0 atom stereocenters. The summed E-state index contributed by atoms with van der Waals surface area (Å²) in [6, 6.07) is 10.7. The highest BCUT2D eigenvalue weighted by Gasteiger charge is 2.26. The lowest BCUT2D eigenvalue weighted by molar-refractivity contribution is 0.287. The summed E-state index contributed by atoms with van der Waals surface area (Å²) >= 11 is 8.40. The van der Waals surface area contributed by atoms with Gasteiger partial charge >= 0.3 is 6.01 Å². The molecule has 5 aromatic rings. The Hall–Kier alpha value is -3.31. The summed E-state index contributed by atoms with van der Waals surface area (Å²) in [5, 5.41) is 1.21. The molecule has 4 heterocycles. The van der Waals surface area contributed by atoms with Gasteiger partial charge in [0.15, 0.2) is 0 Å². The monoisotopic (exact) mass is 563 g/mol. The molecule has 1 fully saturated rings. The minimum Gasteiger partial charge on any atom is -0.424 e. The highest BCUT2D eigenvalue weighted by molar-refractivity contribution is 7.94. The van der Waals surface area contributed by atoms with Gasteiger partial charge in [0.1, 0.15) is 22.9 Å². The zero-order valence-electron chi connectivity index (χ0n) is 21.8. The number of hydrogen-bond acceptors (Lipinski definition) is 8. The number of piperidine rings is 1. The average molecular weight is 564 g/mol. The van der Waals surface area contributed by atoms with Crippen LogP contribution in [0.2, 0.25) is 5.02 Å². The quantitative estimate of drug-likeness (QED) is 0.211. The minimum atomic E-state index is -0.395. The molecule has 0 aliphatic carbocycles. The standard InChI is InChI=1S/C28H27ClFN7OS/c1-17-34-26-16-33-25-15-24(30)21(20-6-5-19(13-23(20)29)38-28-31-9-4-10-32-28)14-22(25)27(26)37(17)18-7-11-36(12-8-18)39-35(2)3/h4-6,9-10,13-16,18H,7-8,11-12H2,1-3H3. The number of aryl methyl sites for hydroxylation is 1. The molecule has 2 aromatic carbocycles. The zero-order chi connectivity index (χ0) is 27.1. The van der Waals surface area contributed by atoms with Crippen LogP contribution in [-0.4, -0.2) is 60.3 Å². The molecule has 200 valence electrons. The van der Waals surface area contributed by atoms with Crippen molar-refractivity contribution in [1.82, 2.24) is 33.1 Å². The predicted octanol–water partition coefficient (Wildman–Crippen LogP) is 6.70. The molecule has 6 rings (SSSR count). The first kappa shape index (κ1) is 25.9. The topological polar surface area (TPSA) is 72.2 Å². The van der Waals surface area contributed by atoms with E-state index in [9.17, 15) is 0 Å². The van der Waals surface area contributed by atoms with Crippen molar-refractivity contribution in [3.63, 3.8) is 0 Å². The maximum atomic E-state index is 15.5. The average Bonchev–Trinajstić information content (AvgIpc) is 3.25. The summed E-state index contributed by atoms with van der Waals surface area (Å²) in [5.41, 5.74) is 3.33. The molecule has 0 bridgehead atoms. The SMILES string of the molecule is Cc1nc2cnc3cc(F)c(-c4ccc(Oc5ncccn5)cc4Cl)cc3c2n1C1CCN(SN(C)C)CC1. The molecule has 8 nitrogen and oxygen atoms in total. The van der Waals surface area contributed by atoms with Crippen LogP contribution >= 0.6 is 23.7 Å². The summed E-state index contributed by atoms with van der Waals surface area (Å²) in [6.45, 7) is 3.99. The van der Waals surface area contributed by atoms with Gasteiger partial charge in [0.25, 0.3) is 0 Å². The molecule has 1 aliphatic heterocycles. The molecule has 11 heteroatoms. The molecule has 0 unspecified atom stereocenters. The van der Waals surface area contributed by atoms with E-state index < -0.39 is 5.82 Å². The van der Waals surface area contributed by atoms with Crippen molar-refractivity contribution in [2.75, 3.05) is 27.2 Å². The van der Waals surface area contributed by atoms with Crippen LogP contribution in [0.3, 0.4) is 0 Å². The second kappa shape index (κ2) is 10.7. The van der Waals surface area contributed by atoms with E-state index in [1.165, 1.54) is 6.07 Å². The smallest absolute Gasteiger partial charge is 0.321 e. The maximum Gasteiger partial charge on any atom is 0.321 e. The lowest BCUT2D eigenvalue weighted by Crippen LogP contribution is -2.32. The highest BCUT2D eigenvalue weighted by Crippen LogP contribution is 2.38. The number of rotatable bonds is 6. The molecule has 1 saturated heterocycles. The Morgan fingerprint density at radius 3 is 2.51 bits per heavy atom. The summed E-state index contributed by atoms with van der Waals surface area (Å²) in [5.74, 6) is 1.01. The molecular formula is C28H27ClFN7OS. The van der Waals surface area contributed by atoms with Gasteiger partial charge < -0.3 is 9.30 Å². The lowest BCUT2D eigenvalue weighted by atomic mass is 10.0. The van der Waals surface area contributed by atoms with E-state index in [4.69, 9.17) is 21.3 Å². The van der Waals surface area contributed by atoms with Crippen molar-refractivity contribution >= 4 is 45.7 Å². The summed E-state index contributed by atoms with van der Waals surface area (Å²) in [6.07, 6.45) is 6.93. The fraction of sp³-hybridized carbons (Fsp3) is 0.286. The van der Waals surface area contributed by atoms with Crippen molar-refractivity contribution in [2.24, 2.45) is 0 Å². The van der Waals surface area contributed by atoms with Gasteiger partial charge in [-0.25, -0.2) is 28.0 Å². The van der Waals surface area contributed by atoms with Crippen LogP contribution in [0.15, 0.2) is 55.0 Å². The first-order valence-electron chi connectivity index (χ1n) is 12.7. The Morgan fingerprint density at radius 1 is 1.03 bits per heavy atom. The normalized spacial score (nSPS) is 15.0. The van der Waals surface area contributed by atoms with Crippen molar-refractivity contribution in [1.29, 1.82) is 0 Å². The third kappa shape index (κ3) is 5.17. The van der Waals surface area contributed by atoms with Crippen molar-refractivity contribution < 1.29 is 9.13 Å². The number of benzene rings is 2. The van der Waals surface area contributed by atoms with Gasteiger partial charge in [0.05, 0.1) is 22.3 Å². The van der Waals surface area contributed by atoms with Gasteiger partial charge in [-0.3, -0.25) is 4.98 Å². The largest absolute Gasteiger partial charge is 0.424 e. The van der Waals surface area contributed by atoms with Crippen LogP contribution in [0.1, 0.15) is 24.7 Å². The number of imidazole rings is 1. The van der Waals surface area contributed by atoms with Gasteiger partial charge in [-0.2, -0.15) is 0 Å². The molecule has 1 aliphatic rings. The van der Waals surface area contributed by atoms with Crippen LogP contribution < -0.4 is 4.74 Å². The van der Waals surface area contributed by atoms with E-state index in [0.717, 1.165) is 48.2 Å². The number of aromatic nitrogens is 5. The number of nitrogens with zero attached hydrogens (tertiary/aromatic N) is 7. The van der Waals surface area contributed by atoms with E-state index >= 15 is 4.39 Å². The molecular weight excluding hydrogens is 537 g/mol. The molecule has 0 N–H and O–H groups in total. The number of halogens is 2. The van der Waals surface area contributed by atoms with Gasteiger partial charge in [-0.05, 0) is 58.1 Å². The van der Waals surface area contributed by atoms with Crippen LogP contribution in [0, 0.1) is 12.7 Å². The maximum absolute atomic E-state index is 15.5. The van der Waals surface area contributed by atoms with Crippen molar-refractivity contribution in [3.05, 3.63) is 71.7 Å². The van der Waals surface area contributed by atoms with E-state index in [2.05, 4.69) is 42.2 Å². The van der Waals surface area contributed by atoms with Crippen LogP contribution in [0.5, 0.6) is 11.8 Å². The fourth-order valence-electron chi connectivity index (χ4n) is 5.20. The second-order valence-corrected chi connectivity index (χ2v) is 11.5. The number of fused-ring (bicyclic) bond motifs is 3. The summed E-state index contributed by atoms with van der Waals surface area (Å²) < 4.78 is 28.0. The minimum absolute atomic E-state index is 0.210. The number of pyridine rings is 1. The zero-order valence-corrected chi connectivity index (χ0v) is 23.4. The Morgan fingerprint density at radius 2 is 1.79 bits per heavy atom. The van der Waals surface area contributed by atoms with Gasteiger partial charge in [0.2, 0.25) is 0 Å². The molecule has 0 amide bonds. The third-order valence-corrected chi connectivity index (χ3v) is 8.07. The Balaban J connectivity index is 1.39. The fourth-order valence-corrected chi connectivity index (χ4v) is 6.31. The Kier molecular flexibility index (Phi) is 7.11. The Bertz CT molecular complexity index is 1660. The van der Waals surface area contributed by atoms with Crippen molar-refractivity contribution in [2.45, 2.75) is 25.8 Å². The van der Waals surface area contributed by atoms with E-state index in [-0.39, 0.29) is 6.01 Å². The van der Waals surface area contributed by atoms with E-state index in [0.29, 0.717) is 33.5 Å². The molecule has 39 heavy (non-hydrogen) atoms. The van der Waals surface area contributed by atoms with Gasteiger partial charge in [0, 0.05) is 72.3 Å². The van der Waals surface area contributed by atoms with E-state index in [1.54, 1.807) is 55.0 Å². The summed E-state index contributed by atoms with van der Waals surface area (Å²) in [4.78, 5) is 17.5. The first-order valence-corrected chi connectivity index (χ1v) is 13.8. The Labute approximate surface area is 235 Å². The highest BCUT2D eigenvalue weighted by atomic mass is 35.5.